The van der Waals surface area contributed by atoms with Crippen LogP contribution < -0.4 is 43.1 Å². The van der Waals surface area contributed by atoms with Crippen molar-refractivity contribution < 1.29 is 62.9 Å². The van der Waals surface area contributed by atoms with Gasteiger partial charge in [-0.2, -0.15) is 9.13 Å². The van der Waals surface area contributed by atoms with Crippen molar-refractivity contribution >= 4 is 55.0 Å². The Labute approximate surface area is 189 Å². The van der Waals surface area contributed by atoms with Crippen LogP contribution >= 0.6 is 22.7 Å². The molecule has 0 aliphatic rings. The standard InChI is InChI=1S/2C9H7NO2S.2BrH/c2*11-9(12)5-10-6-13-8-4-2-1-3-7(8)10;;/h2*1-4,6H,5H2;2*1H. The maximum absolute atomic E-state index is 10.5. The highest BCUT2D eigenvalue weighted by Crippen LogP contribution is 2.15. The van der Waals surface area contributed by atoms with Gasteiger partial charge in [0.2, 0.25) is 35.1 Å². The van der Waals surface area contributed by atoms with Crippen LogP contribution in [-0.4, -0.2) is 22.2 Å². The van der Waals surface area contributed by atoms with Crippen molar-refractivity contribution in [2.75, 3.05) is 0 Å². The first kappa shape index (κ1) is 24.2. The van der Waals surface area contributed by atoms with E-state index in [1.54, 1.807) is 31.8 Å². The summed E-state index contributed by atoms with van der Waals surface area (Å²) >= 11 is 3.11. The molecule has 0 bridgehead atoms. The zero-order valence-electron chi connectivity index (χ0n) is 14.4. The van der Waals surface area contributed by atoms with E-state index in [1.165, 1.54) is 0 Å². The fraction of sp³-hybridized carbons (Fsp3) is 0.111. The Morgan fingerprint density at radius 2 is 1.07 bits per heavy atom. The van der Waals surface area contributed by atoms with Gasteiger partial charge in [-0.3, -0.25) is 0 Å². The number of nitrogens with zero attached hydrogens (tertiary/aromatic N) is 2. The number of aliphatic carboxylic acids is 2. The van der Waals surface area contributed by atoms with Crippen molar-refractivity contribution in [2.45, 2.75) is 13.1 Å². The van der Waals surface area contributed by atoms with Gasteiger partial charge < -0.3 is 44.2 Å². The summed E-state index contributed by atoms with van der Waals surface area (Å²) in [7, 11) is 0. The number of hydrogen-bond acceptors (Lipinski definition) is 4. The van der Waals surface area contributed by atoms with Crippen molar-refractivity contribution in [3.63, 3.8) is 0 Å². The first-order valence-corrected chi connectivity index (χ1v) is 9.45. The number of halogens is 2. The van der Waals surface area contributed by atoms with Gasteiger partial charge >= 0.3 is 11.9 Å². The number of fused-ring (bicyclic) bond motifs is 2. The van der Waals surface area contributed by atoms with Crippen molar-refractivity contribution in [1.29, 1.82) is 0 Å². The first-order valence-electron chi connectivity index (χ1n) is 7.69. The molecule has 10 heteroatoms. The molecule has 2 aromatic carbocycles. The van der Waals surface area contributed by atoms with E-state index >= 15 is 0 Å². The molecule has 0 aliphatic carbocycles. The van der Waals surface area contributed by atoms with Crippen LogP contribution in [0.4, 0.5) is 0 Å². The summed E-state index contributed by atoms with van der Waals surface area (Å²) in [6.45, 7) is 0.0635. The zero-order chi connectivity index (χ0) is 18.5. The summed E-state index contributed by atoms with van der Waals surface area (Å²) in [5.41, 5.74) is 5.63. The molecule has 28 heavy (non-hydrogen) atoms. The summed E-state index contributed by atoms with van der Waals surface area (Å²) in [4.78, 5) is 21.0. The van der Waals surface area contributed by atoms with Gasteiger partial charge in [0.15, 0.2) is 0 Å². The van der Waals surface area contributed by atoms with Gasteiger partial charge in [-0.05, 0) is 12.1 Å². The van der Waals surface area contributed by atoms with E-state index in [4.69, 9.17) is 10.2 Å². The molecule has 2 N–H and O–H groups in total. The maximum Gasteiger partial charge on any atom is 0.370 e. The third kappa shape index (κ3) is 6.06. The molecule has 2 aromatic heterocycles. The molecule has 0 fully saturated rings. The van der Waals surface area contributed by atoms with Gasteiger partial charge in [0.05, 0.1) is 0 Å². The molecule has 0 unspecified atom stereocenters. The van der Waals surface area contributed by atoms with Crippen LogP contribution in [0.2, 0.25) is 0 Å². The van der Waals surface area contributed by atoms with Crippen molar-refractivity contribution in [1.82, 2.24) is 0 Å². The average Bonchev–Trinajstić information content (AvgIpc) is 3.20. The first-order chi connectivity index (χ1) is 12.5. The molecule has 148 valence electrons. The van der Waals surface area contributed by atoms with Gasteiger partial charge in [0, 0.05) is 12.1 Å². The number of aromatic nitrogens is 2. The van der Waals surface area contributed by atoms with E-state index in [1.807, 2.05) is 59.6 Å². The third-order valence-corrected chi connectivity index (χ3v) is 5.49. The quantitative estimate of drug-likeness (QED) is 0.260. The molecular weight excluding hydrogens is 532 g/mol. The predicted octanol–water partition coefficient (Wildman–Crippen LogP) is -3.45. The van der Waals surface area contributed by atoms with Crippen LogP contribution in [0.5, 0.6) is 0 Å². The topological polar surface area (TPSA) is 82.4 Å². The molecule has 4 aromatic rings. The summed E-state index contributed by atoms with van der Waals surface area (Å²) in [5, 5.41) is 17.3. The smallest absolute Gasteiger partial charge is 0.370 e. The van der Waals surface area contributed by atoms with E-state index in [9.17, 15) is 9.59 Å². The van der Waals surface area contributed by atoms with Crippen LogP contribution in [0.3, 0.4) is 0 Å². The lowest BCUT2D eigenvalue weighted by Gasteiger charge is -1.87. The molecule has 0 amide bonds. The number of carboxylic acids is 2. The van der Waals surface area contributed by atoms with Crippen LogP contribution in [-0.2, 0) is 22.7 Å². The minimum absolute atomic E-state index is 0. The molecule has 0 atom stereocenters. The van der Waals surface area contributed by atoms with Crippen LogP contribution in [0.15, 0.2) is 59.6 Å². The zero-order valence-corrected chi connectivity index (χ0v) is 19.2. The van der Waals surface area contributed by atoms with E-state index in [2.05, 4.69) is 0 Å². The number of rotatable bonds is 4. The second-order valence-electron chi connectivity index (χ2n) is 5.43. The van der Waals surface area contributed by atoms with Crippen LogP contribution in [0.25, 0.3) is 20.4 Å². The van der Waals surface area contributed by atoms with Crippen LogP contribution in [0, 0.1) is 0 Å². The number of thiazole rings is 2. The molecule has 4 rings (SSSR count). The number of para-hydroxylation sites is 2. The Balaban J connectivity index is 0.000000261. The summed E-state index contributed by atoms with van der Waals surface area (Å²) in [5.74, 6) is -1.62. The van der Waals surface area contributed by atoms with E-state index in [-0.39, 0.29) is 47.1 Å². The number of benzene rings is 2. The molecular formula is C18H16Br2N2O4S2. The third-order valence-electron chi connectivity index (χ3n) is 3.57. The Morgan fingerprint density at radius 3 is 1.43 bits per heavy atom. The fourth-order valence-electron chi connectivity index (χ4n) is 2.48. The normalized spacial score (nSPS) is 9.71. The van der Waals surface area contributed by atoms with Gasteiger partial charge in [-0.15, -0.1) is 0 Å². The van der Waals surface area contributed by atoms with E-state index < -0.39 is 11.9 Å². The summed E-state index contributed by atoms with van der Waals surface area (Å²) in [6.07, 6.45) is 0. The Bertz CT molecular complexity index is 996. The highest BCUT2D eigenvalue weighted by molar-refractivity contribution is 7.16. The lowest BCUT2D eigenvalue weighted by atomic mass is 10.3. The van der Waals surface area contributed by atoms with Crippen molar-refractivity contribution in [2.24, 2.45) is 0 Å². The predicted molar refractivity (Wildman–Crippen MR) is 99.3 cm³/mol. The summed E-state index contributed by atoms with van der Waals surface area (Å²) < 4.78 is 5.71. The second-order valence-corrected chi connectivity index (χ2v) is 7.20. The minimum Gasteiger partial charge on any atom is -1.00 e. The monoisotopic (exact) mass is 546 g/mol. The highest BCUT2D eigenvalue weighted by atomic mass is 79.9. The lowest BCUT2D eigenvalue weighted by molar-refractivity contribution is -0.655. The van der Waals surface area contributed by atoms with E-state index in [0.29, 0.717) is 0 Å². The number of carbonyl (C=O) groups is 2. The minimum atomic E-state index is -0.812. The van der Waals surface area contributed by atoms with Crippen molar-refractivity contribution in [3.8, 4) is 0 Å². The summed E-state index contributed by atoms with van der Waals surface area (Å²) in [6, 6.07) is 15.5. The number of carboxylic acid groups (broad SMARTS) is 2. The van der Waals surface area contributed by atoms with E-state index in [0.717, 1.165) is 20.4 Å². The lowest BCUT2D eigenvalue weighted by Crippen LogP contribution is -3.00. The Kier molecular flexibility index (Phi) is 9.66. The Hall–Kier alpha value is -1.88. The van der Waals surface area contributed by atoms with Crippen molar-refractivity contribution in [3.05, 3.63) is 59.6 Å². The molecule has 0 saturated heterocycles. The van der Waals surface area contributed by atoms with Gasteiger partial charge in [-0.25, -0.2) is 9.59 Å². The molecule has 2 heterocycles. The van der Waals surface area contributed by atoms with Crippen LogP contribution in [0.1, 0.15) is 0 Å². The molecule has 0 radical (unpaired) electrons. The SMILES string of the molecule is O=C(O)C[n+]1csc2ccccc21.O=C(O)C[n+]1csc2ccccc21.[Br-].[Br-]. The second kappa shape index (κ2) is 11.2. The van der Waals surface area contributed by atoms with Gasteiger partial charge in [0.1, 0.15) is 9.40 Å². The maximum atomic E-state index is 10.5. The highest BCUT2D eigenvalue weighted by Gasteiger charge is 2.14. The molecule has 0 spiro atoms. The van der Waals surface area contributed by atoms with Gasteiger partial charge in [-0.1, -0.05) is 46.9 Å². The average molecular weight is 548 g/mol. The largest absolute Gasteiger partial charge is 1.00 e. The molecule has 0 saturated carbocycles. The Morgan fingerprint density at radius 1 is 0.714 bits per heavy atom. The molecule has 6 nitrogen and oxygen atoms in total. The fourth-order valence-corrected chi connectivity index (χ4v) is 4.26. The molecule has 0 aliphatic heterocycles. The van der Waals surface area contributed by atoms with Gasteiger partial charge in [0.25, 0.3) is 0 Å². The number of hydrogen-bond donors (Lipinski definition) is 2.